The van der Waals surface area contributed by atoms with Crippen molar-refractivity contribution in [3.05, 3.63) is 59.2 Å². The van der Waals surface area contributed by atoms with E-state index in [2.05, 4.69) is 5.32 Å². The molecule has 35 heavy (non-hydrogen) atoms. The lowest BCUT2D eigenvalue weighted by molar-refractivity contribution is -0.165. The number of carbonyl (C=O) groups excluding carboxylic acids is 1. The van der Waals surface area contributed by atoms with Crippen LogP contribution in [-0.4, -0.2) is 78.4 Å². The van der Waals surface area contributed by atoms with Crippen LogP contribution in [-0.2, 0) is 16.0 Å². The average Bonchev–Trinajstić information content (AvgIpc) is 2.82. The van der Waals surface area contributed by atoms with Crippen molar-refractivity contribution in [3.63, 3.8) is 0 Å². The number of phenolic OH excluding ortho intramolecular Hbond substituents is 2. The number of carboxylic acids is 2. The summed E-state index contributed by atoms with van der Waals surface area (Å²) < 4.78 is 0. The molecule has 0 fully saturated rings. The molecular formula is C23H30N2O10. The van der Waals surface area contributed by atoms with Gasteiger partial charge in [-0.15, -0.1) is 0 Å². The van der Waals surface area contributed by atoms with Crippen LogP contribution >= 0.6 is 0 Å². The van der Waals surface area contributed by atoms with Gasteiger partial charge in [-0.25, -0.2) is 9.59 Å². The van der Waals surface area contributed by atoms with Crippen LogP contribution in [0.25, 0.3) is 0 Å². The first-order valence-corrected chi connectivity index (χ1v) is 10.5. The number of carbonyl (C=O) groups is 3. The summed E-state index contributed by atoms with van der Waals surface area (Å²) in [6.45, 7) is 1.89. The van der Waals surface area contributed by atoms with E-state index in [0.29, 0.717) is 11.1 Å². The minimum atomic E-state index is -2.27. The molecule has 2 aromatic carbocycles. The molecule has 12 nitrogen and oxygen atoms in total. The third-order valence-corrected chi connectivity index (χ3v) is 4.98. The van der Waals surface area contributed by atoms with Crippen LogP contribution in [0.3, 0.4) is 0 Å². The molecule has 0 aromatic heterocycles. The minimum absolute atomic E-state index is 0.115. The van der Waals surface area contributed by atoms with Gasteiger partial charge in [0.25, 0.3) is 0 Å². The number of hydrogen-bond acceptors (Lipinski definition) is 9. The van der Waals surface area contributed by atoms with Gasteiger partial charge in [-0.2, -0.15) is 0 Å². The fourth-order valence-electron chi connectivity index (χ4n) is 2.93. The number of benzene rings is 2. The summed E-state index contributed by atoms with van der Waals surface area (Å²) >= 11 is 0. The van der Waals surface area contributed by atoms with Crippen LogP contribution in [0.2, 0.25) is 0 Å². The van der Waals surface area contributed by atoms with Crippen LogP contribution in [0, 0.1) is 0 Å². The number of amides is 1. The van der Waals surface area contributed by atoms with E-state index in [1.807, 2.05) is 19.1 Å². The quantitative estimate of drug-likeness (QED) is 0.184. The maximum atomic E-state index is 11.1. The zero-order valence-electron chi connectivity index (χ0n) is 18.9. The Morgan fingerprint density at radius 3 is 1.89 bits per heavy atom. The van der Waals surface area contributed by atoms with Crippen LogP contribution in [0.4, 0.5) is 0 Å². The number of phenols is 2. The minimum Gasteiger partial charge on any atom is -0.504 e. The number of aromatic hydroxyl groups is 2. The molecule has 2 rings (SSSR count). The number of aryl methyl sites for hydroxylation is 1. The molecule has 0 aliphatic heterocycles. The van der Waals surface area contributed by atoms with E-state index in [-0.39, 0.29) is 30.2 Å². The number of aliphatic hydroxyl groups is 3. The number of nitrogens with one attached hydrogen (secondary N) is 1. The first-order chi connectivity index (χ1) is 16.4. The summed E-state index contributed by atoms with van der Waals surface area (Å²) in [5, 5.41) is 64.4. The van der Waals surface area contributed by atoms with E-state index < -0.39 is 30.1 Å². The summed E-state index contributed by atoms with van der Waals surface area (Å²) in [5.41, 5.74) is 7.52. The molecule has 0 saturated heterocycles. The largest absolute Gasteiger partial charge is 0.504 e. The normalized spacial score (nSPS) is 14.1. The summed E-state index contributed by atoms with van der Waals surface area (Å²) in [6, 6.07) is 11.5. The van der Waals surface area contributed by atoms with E-state index in [9.17, 15) is 29.7 Å². The Balaban J connectivity index is 0.000000518. The average molecular weight is 494 g/mol. The Morgan fingerprint density at radius 1 is 0.914 bits per heavy atom. The predicted molar refractivity (Wildman–Crippen MR) is 123 cm³/mol. The number of carboxylic acid groups (broad SMARTS) is 2. The van der Waals surface area contributed by atoms with Crippen molar-refractivity contribution in [2.45, 2.75) is 44.1 Å². The Morgan fingerprint density at radius 2 is 1.46 bits per heavy atom. The van der Waals surface area contributed by atoms with Crippen LogP contribution in [0.5, 0.6) is 11.5 Å². The Hall–Kier alpha value is -3.71. The molecule has 4 unspecified atom stereocenters. The maximum absolute atomic E-state index is 11.1. The second kappa shape index (κ2) is 13.9. The summed E-state index contributed by atoms with van der Waals surface area (Å²) in [4.78, 5) is 30.6. The number of aliphatic hydroxyl groups excluding tert-OH is 3. The Labute approximate surface area is 200 Å². The Bertz CT molecular complexity index is 978. The van der Waals surface area contributed by atoms with Gasteiger partial charge in [0.1, 0.15) is 0 Å². The highest BCUT2D eigenvalue weighted by molar-refractivity contribution is 5.92. The van der Waals surface area contributed by atoms with Gasteiger partial charge in [0.2, 0.25) is 5.91 Å². The fraction of sp³-hybridized carbons (Fsp3) is 0.348. The van der Waals surface area contributed by atoms with Gasteiger partial charge in [0, 0.05) is 11.6 Å². The molecular weight excluding hydrogens is 464 g/mol. The lowest BCUT2D eigenvalue weighted by atomic mass is 10.0. The van der Waals surface area contributed by atoms with Gasteiger partial charge in [-0.1, -0.05) is 18.2 Å². The van der Waals surface area contributed by atoms with E-state index in [1.54, 1.807) is 18.2 Å². The number of rotatable bonds is 11. The number of hydrogen-bond donors (Lipinski definition) is 9. The number of primary amides is 1. The second-order valence-corrected chi connectivity index (χ2v) is 7.72. The van der Waals surface area contributed by atoms with Crippen molar-refractivity contribution in [2.24, 2.45) is 5.73 Å². The highest BCUT2D eigenvalue weighted by atomic mass is 16.4. The molecule has 0 aliphatic rings. The van der Waals surface area contributed by atoms with Crippen molar-refractivity contribution in [3.8, 4) is 11.5 Å². The van der Waals surface area contributed by atoms with Crippen molar-refractivity contribution in [2.75, 3.05) is 6.61 Å². The predicted octanol–water partition coefficient (Wildman–Crippen LogP) is -0.282. The summed E-state index contributed by atoms with van der Waals surface area (Å²) in [5.74, 6) is -4.37. The molecule has 0 aliphatic carbocycles. The second-order valence-electron chi connectivity index (χ2n) is 7.72. The first-order valence-electron chi connectivity index (χ1n) is 10.5. The van der Waals surface area contributed by atoms with E-state index in [4.69, 9.17) is 26.2 Å². The highest BCUT2D eigenvalue weighted by Crippen LogP contribution is 2.28. The molecule has 0 bridgehead atoms. The lowest BCUT2D eigenvalue weighted by Gasteiger charge is -2.22. The van der Waals surface area contributed by atoms with Crippen molar-refractivity contribution in [1.29, 1.82) is 0 Å². The van der Waals surface area contributed by atoms with Gasteiger partial charge >= 0.3 is 11.9 Å². The molecule has 0 saturated carbocycles. The third-order valence-electron chi connectivity index (χ3n) is 4.98. The zero-order valence-corrected chi connectivity index (χ0v) is 18.9. The molecule has 4 atom stereocenters. The smallest absolute Gasteiger partial charge is 0.335 e. The molecule has 0 radical (unpaired) electrons. The van der Waals surface area contributed by atoms with Gasteiger partial charge in [-0.3, -0.25) is 4.79 Å². The molecule has 0 spiro atoms. The van der Waals surface area contributed by atoms with Gasteiger partial charge in [-0.05, 0) is 55.2 Å². The molecule has 12 heteroatoms. The Kier molecular flexibility index (Phi) is 11.6. The zero-order chi connectivity index (χ0) is 26.7. The van der Waals surface area contributed by atoms with Crippen molar-refractivity contribution >= 4 is 17.8 Å². The molecule has 2 aromatic rings. The van der Waals surface area contributed by atoms with Crippen LogP contribution < -0.4 is 11.1 Å². The van der Waals surface area contributed by atoms with Crippen molar-refractivity contribution < 1.29 is 50.1 Å². The van der Waals surface area contributed by atoms with Gasteiger partial charge in [0.05, 0.1) is 12.6 Å². The monoisotopic (exact) mass is 494 g/mol. The lowest BCUT2D eigenvalue weighted by Crippen LogP contribution is -2.39. The third kappa shape index (κ3) is 9.59. The number of nitrogens with two attached hydrogens (primary N) is 1. The van der Waals surface area contributed by atoms with Gasteiger partial charge < -0.3 is 46.8 Å². The molecule has 192 valence electrons. The van der Waals surface area contributed by atoms with E-state index in [1.165, 1.54) is 12.1 Å². The molecule has 1 amide bonds. The van der Waals surface area contributed by atoms with Crippen LogP contribution in [0.15, 0.2) is 42.5 Å². The molecule has 0 heterocycles. The topological polar surface area (TPSA) is 231 Å². The van der Waals surface area contributed by atoms with Crippen LogP contribution in [0.1, 0.15) is 40.9 Å². The van der Waals surface area contributed by atoms with E-state index >= 15 is 0 Å². The first kappa shape index (κ1) is 29.3. The number of aliphatic carboxylic acids is 2. The highest BCUT2D eigenvalue weighted by Gasteiger charge is 2.29. The van der Waals surface area contributed by atoms with E-state index in [0.717, 1.165) is 18.4 Å². The van der Waals surface area contributed by atoms with Crippen molar-refractivity contribution in [1.82, 2.24) is 5.32 Å². The standard InChI is InChI=1S/C19H24N2O4.C4H6O6/c1-12(2-3-13-4-6-14(7-5-13)19(20)25)21-16(11-22)15-8-9-17(23)18(24)10-15;5-1(3(7)8)2(6)4(9)10/h4-10,12,16,21-24H,2-3,11H2,1H3,(H2,20,25);1-2,5-6H,(H,7,8)(H,9,10). The summed E-state index contributed by atoms with van der Waals surface area (Å²) in [7, 11) is 0. The SMILES string of the molecule is CC(CCc1ccc(C(N)=O)cc1)NC(CO)c1ccc(O)c(O)c1.O=C(O)C(O)C(O)C(=O)O. The summed E-state index contributed by atoms with van der Waals surface area (Å²) in [6.07, 6.45) is -2.89. The maximum Gasteiger partial charge on any atom is 0.335 e. The fourth-order valence-corrected chi connectivity index (χ4v) is 2.93. The van der Waals surface area contributed by atoms with Gasteiger partial charge in [0.15, 0.2) is 23.7 Å². The molecule has 10 N–H and O–H groups in total.